The number of hydrogen-bond acceptors (Lipinski definition) is 6. The van der Waals surface area contributed by atoms with Crippen molar-refractivity contribution in [3.05, 3.63) is 29.8 Å². The Kier molecular flexibility index (Phi) is 2.86. The Morgan fingerprint density at radius 1 is 1.44 bits per heavy atom. The van der Waals surface area contributed by atoms with Gasteiger partial charge in [-0.25, -0.2) is 4.98 Å². The molecule has 0 aliphatic heterocycles. The van der Waals surface area contributed by atoms with Gasteiger partial charge in [-0.2, -0.15) is 0 Å². The van der Waals surface area contributed by atoms with Crippen LogP contribution in [0.1, 0.15) is 11.6 Å². The van der Waals surface area contributed by atoms with Crippen LogP contribution in [0, 0.1) is 12.3 Å². The summed E-state index contributed by atoms with van der Waals surface area (Å²) in [5.74, 6) is 0.439. The zero-order valence-electron chi connectivity index (χ0n) is 8.47. The van der Waals surface area contributed by atoms with E-state index in [1.807, 2.05) is 0 Å². The summed E-state index contributed by atoms with van der Waals surface area (Å²) in [5, 5.41) is 15.9. The number of nitrogen functional groups attached to an aromatic ring is 1. The van der Waals surface area contributed by atoms with E-state index in [1.165, 1.54) is 11.8 Å². The molecule has 0 spiro atoms. The fourth-order valence-electron chi connectivity index (χ4n) is 1.03. The van der Waals surface area contributed by atoms with E-state index in [0.717, 1.165) is 0 Å². The lowest BCUT2D eigenvalue weighted by atomic mass is 10.3. The molecule has 0 unspecified atom stereocenters. The van der Waals surface area contributed by atoms with E-state index in [1.54, 1.807) is 25.1 Å². The van der Waals surface area contributed by atoms with Crippen molar-refractivity contribution < 1.29 is 4.42 Å². The average molecular weight is 235 g/mol. The summed E-state index contributed by atoms with van der Waals surface area (Å²) in [6.45, 7) is 1.72. The van der Waals surface area contributed by atoms with Crippen molar-refractivity contribution in [3.63, 3.8) is 0 Å². The number of aromatic nitrogens is 3. The maximum Gasteiger partial charge on any atom is 0.282 e. The number of nitrogens with two attached hydrogens (primary N) is 1. The minimum absolute atomic E-state index is 0.0656. The van der Waals surface area contributed by atoms with Crippen LogP contribution >= 0.6 is 11.8 Å². The molecule has 7 heteroatoms. The highest BCUT2D eigenvalue weighted by molar-refractivity contribution is 7.99. The maximum absolute atomic E-state index is 7.27. The van der Waals surface area contributed by atoms with Gasteiger partial charge in [0.15, 0.2) is 0 Å². The summed E-state index contributed by atoms with van der Waals surface area (Å²) >= 11 is 1.24. The van der Waals surface area contributed by atoms with Crippen molar-refractivity contribution in [1.82, 2.24) is 15.2 Å². The lowest BCUT2D eigenvalue weighted by Crippen LogP contribution is -2.12. The molecule has 2 rings (SSSR count). The lowest BCUT2D eigenvalue weighted by Gasteiger charge is -1.99. The molecule has 2 aromatic heterocycles. The highest BCUT2D eigenvalue weighted by Gasteiger charge is 2.07. The molecule has 0 saturated carbocycles. The third-order valence-corrected chi connectivity index (χ3v) is 2.47. The van der Waals surface area contributed by atoms with Gasteiger partial charge in [0.05, 0.1) is 0 Å². The monoisotopic (exact) mass is 235 g/mol. The van der Waals surface area contributed by atoms with Crippen molar-refractivity contribution >= 4 is 17.6 Å². The highest BCUT2D eigenvalue weighted by atomic mass is 32.2. The van der Waals surface area contributed by atoms with Crippen LogP contribution in [0.4, 0.5) is 0 Å². The van der Waals surface area contributed by atoms with Gasteiger partial charge in [-0.15, -0.1) is 10.2 Å². The fourth-order valence-corrected chi connectivity index (χ4v) is 1.74. The standard InChI is InChI=1S/C9H9N5OS/c1-5-13-14-9(15-5)16-7-4-2-3-6(12-7)8(10)11/h2-4H,1H3,(H3,10,11). The van der Waals surface area contributed by atoms with E-state index in [2.05, 4.69) is 15.2 Å². The second-order valence-corrected chi connectivity index (χ2v) is 3.94. The van der Waals surface area contributed by atoms with Crippen LogP contribution < -0.4 is 5.73 Å². The number of rotatable bonds is 3. The molecule has 2 heterocycles. The first-order valence-corrected chi connectivity index (χ1v) is 5.26. The molecular formula is C9H9N5OS. The normalized spacial score (nSPS) is 10.3. The quantitative estimate of drug-likeness (QED) is 0.612. The smallest absolute Gasteiger partial charge is 0.282 e. The minimum atomic E-state index is -0.0656. The fraction of sp³-hybridized carbons (Fsp3) is 0.111. The Hall–Kier alpha value is -1.89. The van der Waals surface area contributed by atoms with Crippen LogP contribution in [0.3, 0.4) is 0 Å². The molecule has 16 heavy (non-hydrogen) atoms. The van der Waals surface area contributed by atoms with Crippen molar-refractivity contribution in [2.45, 2.75) is 17.2 Å². The molecule has 2 aromatic rings. The summed E-state index contributed by atoms with van der Waals surface area (Å²) in [6, 6.07) is 5.23. The van der Waals surface area contributed by atoms with Crippen LogP contribution in [0.5, 0.6) is 0 Å². The van der Waals surface area contributed by atoms with Gasteiger partial charge < -0.3 is 10.2 Å². The predicted molar refractivity (Wildman–Crippen MR) is 58.4 cm³/mol. The van der Waals surface area contributed by atoms with E-state index in [-0.39, 0.29) is 5.84 Å². The first-order valence-electron chi connectivity index (χ1n) is 4.44. The van der Waals surface area contributed by atoms with Gasteiger partial charge in [0.2, 0.25) is 5.89 Å². The van der Waals surface area contributed by atoms with E-state index < -0.39 is 0 Å². The predicted octanol–water partition coefficient (Wildman–Crippen LogP) is 1.21. The summed E-state index contributed by atoms with van der Waals surface area (Å²) in [6.07, 6.45) is 0. The number of nitrogens with one attached hydrogen (secondary N) is 1. The maximum atomic E-state index is 7.27. The Bertz CT molecular complexity index is 524. The second kappa shape index (κ2) is 4.31. The first kappa shape index (κ1) is 10.6. The van der Waals surface area contributed by atoms with E-state index >= 15 is 0 Å². The zero-order valence-corrected chi connectivity index (χ0v) is 9.28. The topological polar surface area (TPSA) is 102 Å². The molecule has 0 radical (unpaired) electrons. The number of nitrogens with zero attached hydrogens (tertiary/aromatic N) is 3. The van der Waals surface area contributed by atoms with Gasteiger partial charge in [-0.3, -0.25) is 5.41 Å². The van der Waals surface area contributed by atoms with Gasteiger partial charge in [0.25, 0.3) is 5.22 Å². The van der Waals surface area contributed by atoms with E-state index in [4.69, 9.17) is 15.6 Å². The molecule has 0 aliphatic rings. The van der Waals surface area contributed by atoms with Crippen LogP contribution in [-0.4, -0.2) is 21.0 Å². The summed E-state index contributed by atoms with van der Waals surface area (Å²) in [5.41, 5.74) is 5.77. The largest absolute Gasteiger partial charge is 0.416 e. The SMILES string of the molecule is Cc1nnc(Sc2cccc(C(=N)N)n2)o1. The van der Waals surface area contributed by atoms with Crippen LogP contribution in [-0.2, 0) is 0 Å². The molecular weight excluding hydrogens is 226 g/mol. The number of amidine groups is 1. The Labute approximate surface area is 95.8 Å². The van der Waals surface area contributed by atoms with Crippen molar-refractivity contribution in [2.24, 2.45) is 5.73 Å². The average Bonchev–Trinajstić information content (AvgIpc) is 2.64. The first-order chi connectivity index (χ1) is 7.65. The molecule has 0 saturated heterocycles. The summed E-state index contributed by atoms with van der Waals surface area (Å²) in [7, 11) is 0. The third-order valence-electron chi connectivity index (χ3n) is 1.70. The Morgan fingerprint density at radius 2 is 2.25 bits per heavy atom. The molecule has 0 bridgehead atoms. The third kappa shape index (κ3) is 2.37. The Morgan fingerprint density at radius 3 is 2.88 bits per heavy atom. The number of hydrogen-bond donors (Lipinski definition) is 2. The molecule has 82 valence electrons. The van der Waals surface area contributed by atoms with Gasteiger partial charge in [-0.1, -0.05) is 6.07 Å². The van der Waals surface area contributed by atoms with E-state index in [0.29, 0.717) is 21.8 Å². The number of aryl methyl sites for hydroxylation is 1. The second-order valence-electron chi connectivity index (χ2n) is 2.96. The molecule has 0 aromatic carbocycles. The van der Waals surface area contributed by atoms with Crippen LogP contribution in [0.25, 0.3) is 0 Å². The summed E-state index contributed by atoms with van der Waals surface area (Å²) in [4.78, 5) is 4.16. The number of pyridine rings is 1. The summed E-state index contributed by atoms with van der Waals surface area (Å²) < 4.78 is 5.20. The van der Waals surface area contributed by atoms with Gasteiger partial charge in [-0.05, 0) is 23.9 Å². The van der Waals surface area contributed by atoms with Crippen molar-refractivity contribution in [1.29, 1.82) is 5.41 Å². The van der Waals surface area contributed by atoms with Crippen LogP contribution in [0.2, 0.25) is 0 Å². The molecule has 6 nitrogen and oxygen atoms in total. The van der Waals surface area contributed by atoms with E-state index in [9.17, 15) is 0 Å². The Balaban J connectivity index is 2.21. The van der Waals surface area contributed by atoms with Gasteiger partial charge in [0.1, 0.15) is 16.6 Å². The van der Waals surface area contributed by atoms with Gasteiger partial charge in [0, 0.05) is 6.92 Å². The van der Waals surface area contributed by atoms with Gasteiger partial charge >= 0.3 is 0 Å². The molecule has 0 aliphatic carbocycles. The van der Waals surface area contributed by atoms with Crippen LogP contribution in [0.15, 0.2) is 32.9 Å². The molecule has 0 fully saturated rings. The molecule has 0 atom stereocenters. The lowest BCUT2D eigenvalue weighted by molar-refractivity contribution is 0.429. The van der Waals surface area contributed by atoms with Crippen molar-refractivity contribution in [2.75, 3.05) is 0 Å². The molecule has 0 amide bonds. The minimum Gasteiger partial charge on any atom is -0.416 e. The zero-order chi connectivity index (χ0) is 11.5. The molecule has 3 N–H and O–H groups in total. The van der Waals surface area contributed by atoms with Crippen molar-refractivity contribution in [3.8, 4) is 0 Å². The highest BCUT2D eigenvalue weighted by Crippen LogP contribution is 2.24.